The lowest BCUT2D eigenvalue weighted by Crippen LogP contribution is -2.45. The minimum absolute atomic E-state index is 0.0673. The molecule has 1 aliphatic heterocycles. The summed E-state index contributed by atoms with van der Waals surface area (Å²) < 4.78 is 1.95. The lowest BCUT2D eigenvalue weighted by Gasteiger charge is -2.32. The normalized spacial score (nSPS) is 18.9. The van der Waals surface area contributed by atoms with Gasteiger partial charge >= 0.3 is 0 Å². The lowest BCUT2D eigenvalue weighted by molar-refractivity contribution is -0.133. The van der Waals surface area contributed by atoms with E-state index in [1.165, 1.54) is 5.56 Å². The number of hydrogen-bond donors (Lipinski definition) is 1. The second kappa shape index (κ2) is 5.52. The molecule has 1 aromatic heterocycles. The fraction of sp³-hybridized carbons (Fsp3) is 0.692. The van der Waals surface area contributed by atoms with Crippen molar-refractivity contribution in [3.05, 3.63) is 18.0 Å². The monoisotopic (exact) mass is 250 g/mol. The summed E-state index contributed by atoms with van der Waals surface area (Å²) in [5, 5.41) is 4.31. The highest BCUT2D eigenvalue weighted by atomic mass is 16.2. The molecule has 0 spiro atoms. The van der Waals surface area contributed by atoms with Crippen molar-refractivity contribution in [2.24, 2.45) is 5.73 Å². The number of carbonyl (C=O) groups is 1. The van der Waals surface area contributed by atoms with Crippen LogP contribution in [0.5, 0.6) is 0 Å². The fourth-order valence-corrected chi connectivity index (χ4v) is 2.48. The van der Waals surface area contributed by atoms with Gasteiger partial charge in [-0.2, -0.15) is 5.10 Å². The largest absolute Gasteiger partial charge is 0.341 e. The zero-order chi connectivity index (χ0) is 13.1. The third-order valence-electron chi connectivity index (χ3n) is 3.64. The van der Waals surface area contributed by atoms with Gasteiger partial charge in [-0.1, -0.05) is 0 Å². The van der Waals surface area contributed by atoms with E-state index in [2.05, 4.69) is 18.2 Å². The van der Waals surface area contributed by atoms with E-state index >= 15 is 0 Å². The Bertz CT molecular complexity index is 405. The predicted molar refractivity (Wildman–Crippen MR) is 70.1 cm³/mol. The maximum absolute atomic E-state index is 11.8. The SMILES string of the molecule is CCn1cc(C2CCN(C(=O)[C@@H](C)N)CC2)cn1. The Morgan fingerprint density at radius 2 is 2.22 bits per heavy atom. The first-order valence-corrected chi connectivity index (χ1v) is 6.68. The van der Waals surface area contributed by atoms with E-state index in [4.69, 9.17) is 5.73 Å². The van der Waals surface area contributed by atoms with Crippen molar-refractivity contribution in [2.45, 2.75) is 45.2 Å². The van der Waals surface area contributed by atoms with Crippen molar-refractivity contribution in [3.8, 4) is 0 Å². The van der Waals surface area contributed by atoms with Crippen molar-refractivity contribution in [2.75, 3.05) is 13.1 Å². The van der Waals surface area contributed by atoms with Crippen molar-refractivity contribution >= 4 is 5.91 Å². The Balaban J connectivity index is 1.92. The topological polar surface area (TPSA) is 64.2 Å². The van der Waals surface area contributed by atoms with Crippen molar-refractivity contribution < 1.29 is 4.79 Å². The highest BCUT2D eigenvalue weighted by Crippen LogP contribution is 2.27. The van der Waals surface area contributed by atoms with Crippen LogP contribution in [0.3, 0.4) is 0 Å². The van der Waals surface area contributed by atoms with Crippen LogP contribution in [0, 0.1) is 0 Å². The molecule has 1 aromatic rings. The summed E-state index contributed by atoms with van der Waals surface area (Å²) in [6.07, 6.45) is 6.09. The number of amides is 1. The van der Waals surface area contributed by atoms with E-state index < -0.39 is 0 Å². The van der Waals surface area contributed by atoms with Crippen molar-refractivity contribution in [3.63, 3.8) is 0 Å². The first kappa shape index (κ1) is 13.1. The molecular formula is C13H22N4O. The number of carbonyl (C=O) groups excluding carboxylic acids is 1. The second-order valence-electron chi connectivity index (χ2n) is 5.02. The van der Waals surface area contributed by atoms with Crippen LogP contribution in [0.15, 0.2) is 12.4 Å². The molecule has 1 fully saturated rings. The Labute approximate surface area is 108 Å². The van der Waals surface area contributed by atoms with Gasteiger partial charge in [-0.05, 0) is 38.2 Å². The molecule has 1 saturated heterocycles. The zero-order valence-electron chi connectivity index (χ0n) is 11.2. The first-order chi connectivity index (χ1) is 8.61. The van der Waals surface area contributed by atoms with E-state index in [1.54, 1.807) is 6.92 Å². The zero-order valence-corrected chi connectivity index (χ0v) is 11.2. The van der Waals surface area contributed by atoms with Gasteiger partial charge in [-0.3, -0.25) is 9.48 Å². The number of aromatic nitrogens is 2. The number of piperidine rings is 1. The van der Waals surface area contributed by atoms with Crippen LogP contribution in [-0.2, 0) is 11.3 Å². The van der Waals surface area contributed by atoms with Crippen LogP contribution in [-0.4, -0.2) is 39.7 Å². The summed E-state index contributed by atoms with van der Waals surface area (Å²) in [5.74, 6) is 0.597. The van der Waals surface area contributed by atoms with E-state index in [9.17, 15) is 4.79 Å². The minimum atomic E-state index is -0.385. The van der Waals surface area contributed by atoms with E-state index in [0.29, 0.717) is 5.92 Å². The average Bonchev–Trinajstić information content (AvgIpc) is 2.86. The Hall–Kier alpha value is -1.36. The van der Waals surface area contributed by atoms with Crippen LogP contribution >= 0.6 is 0 Å². The van der Waals surface area contributed by atoms with Crippen LogP contribution < -0.4 is 5.73 Å². The van der Waals surface area contributed by atoms with Gasteiger partial charge in [0.25, 0.3) is 0 Å². The molecule has 5 nitrogen and oxygen atoms in total. The molecule has 0 saturated carbocycles. The van der Waals surface area contributed by atoms with E-state index in [-0.39, 0.29) is 11.9 Å². The van der Waals surface area contributed by atoms with Gasteiger partial charge in [0.2, 0.25) is 5.91 Å². The summed E-state index contributed by atoms with van der Waals surface area (Å²) in [7, 11) is 0. The molecule has 2 heterocycles. The van der Waals surface area contributed by atoms with Crippen LogP contribution in [0.2, 0.25) is 0 Å². The standard InChI is InChI=1S/C13H22N4O/c1-3-17-9-12(8-15-17)11-4-6-16(7-5-11)13(18)10(2)14/h8-11H,3-7,14H2,1-2H3/t10-/m1/s1. The van der Waals surface area contributed by atoms with Crippen molar-refractivity contribution in [1.82, 2.24) is 14.7 Å². The molecule has 0 aromatic carbocycles. The molecule has 2 N–H and O–H groups in total. The molecule has 1 aliphatic rings. The molecule has 5 heteroatoms. The van der Waals surface area contributed by atoms with Crippen molar-refractivity contribution in [1.29, 1.82) is 0 Å². The summed E-state index contributed by atoms with van der Waals surface area (Å²) in [4.78, 5) is 13.7. The summed E-state index contributed by atoms with van der Waals surface area (Å²) in [5.41, 5.74) is 6.93. The van der Waals surface area contributed by atoms with Gasteiger partial charge in [0.05, 0.1) is 12.2 Å². The predicted octanol–water partition coefficient (Wildman–Crippen LogP) is 0.956. The number of nitrogens with two attached hydrogens (primary N) is 1. The molecule has 2 rings (SSSR count). The second-order valence-corrected chi connectivity index (χ2v) is 5.02. The maximum Gasteiger partial charge on any atom is 0.239 e. The van der Waals surface area contributed by atoms with Gasteiger partial charge in [0, 0.05) is 25.8 Å². The van der Waals surface area contributed by atoms with Gasteiger partial charge in [0.15, 0.2) is 0 Å². The Morgan fingerprint density at radius 1 is 1.56 bits per heavy atom. The fourth-order valence-electron chi connectivity index (χ4n) is 2.48. The summed E-state index contributed by atoms with van der Waals surface area (Å²) in [6.45, 7) is 6.35. The third-order valence-corrected chi connectivity index (χ3v) is 3.64. The Kier molecular flexibility index (Phi) is 4.01. The number of hydrogen-bond acceptors (Lipinski definition) is 3. The smallest absolute Gasteiger partial charge is 0.239 e. The number of aryl methyl sites for hydroxylation is 1. The van der Waals surface area contributed by atoms with Gasteiger partial charge in [-0.15, -0.1) is 0 Å². The Morgan fingerprint density at radius 3 is 2.72 bits per heavy atom. The number of likely N-dealkylation sites (tertiary alicyclic amines) is 1. The molecule has 0 bridgehead atoms. The third kappa shape index (κ3) is 2.72. The van der Waals surface area contributed by atoms with Crippen LogP contribution in [0.4, 0.5) is 0 Å². The number of nitrogens with zero attached hydrogens (tertiary/aromatic N) is 3. The molecule has 0 aliphatic carbocycles. The molecule has 18 heavy (non-hydrogen) atoms. The maximum atomic E-state index is 11.8. The first-order valence-electron chi connectivity index (χ1n) is 6.68. The van der Waals surface area contributed by atoms with Crippen LogP contribution in [0.1, 0.15) is 38.2 Å². The molecule has 1 atom stereocenters. The summed E-state index contributed by atoms with van der Waals surface area (Å²) >= 11 is 0. The average molecular weight is 250 g/mol. The summed E-state index contributed by atoms with van der Waals surface area (Å²) in [6, 6.07) is -0.385. The molecule has 1 amide bonds. The highest BCUT2D eigenvalue weighted by Gasteiger charge is 2.25. The van der Waals surface area contributed by atoms with Gasteiger partial charge in [0.1, 0.15) is 0 Å². The molecular weight excluding hydrogens is 228 g/mol. The van der Waals surface area contributed by atoms with Crippen LogP contribution in [0.25, 0.3) is 0 Å². The quantitative estimate of drug-likeness (QED) is 0.869. The van der Waals surface area contributed by atoms with E-state index in [0.717, 1.165) is 32.5 Å². The lowest BCUT2D eigenvalue weighted by atomic mass is 9.91. The van der Waals surface area contributed by atoms with Gasteiger partial charge in [-0.25, -0.2) is 0 Å². The number of rotatable bonds is 3. The minimum Gasteiger partial charge on any atom is -0.341 e. The highest BCUT2D eigenvalue weighted by molar-refractivity contribution is 5.81. The van der Waals surface area contributed by atoms with E-state index in [1.807, 2.05) is 15.8 Å². The molecule has 0 radical (unpaired) electrons. The molecule has 0 unspecified atom stereocenters. The van der Waals surface area contributed by atoms with Gasteiger partial charge < -0.3 is 10.6 Å². The molecule has 100 valence electrons.